The molecule has 2 aromatic carbocycles. The predicted molar refractivity (Wildman–Crippen MR) is 71.9 cm³/mol. The largest absolute Gasteiger partial charge is 0.457 e. The number of halogens is 4. The third-order valence-electron chi connectivity index (χ3n) is 2.99. The van der Waals surface area contributed by atoms with Crippen molar-refractivity contribution in [1.29, 1.82) is 0 Å². The fourth-order valence-electron chi connectivity index (χ4n) is 1.76. The number of carbonyl (C=O) groups is 1. The van der Waals surface area contributed by atoms with Crippen LogP contribution in [0.25, 0.3) is 0 Å². The molecule has 2 nitrogen and oxygen atoms in total. The van der Waals surface area contributed by atoms with Crippen LogP contribution in [0.5, 0.6) is 0 Å². The number of carbonyl (C=O) groups excluding carboxylic acids is 1. The Morgan fingerprint density at radius 1 is 1.00 bits per heavy atom. The topological polar surface area (TPSA) is 26.3 Å². The van der Waals surface area contributed by atoms with Gasteiger partial charge in [-0.3, -0.25) is 0 Å². The molecule has 2 aromatic rings. The fraction of sp³-hybridized carbons (Fsp3) is 0.188. The molecule has 0 aliphatic rings. The van der Waals surface area contributed by atoms with Gasteiger partial charge in [0.05, 0.1) is 5.56 Å². The van der Waals surface area contributed by atoms with Crippen molar-refractivity contribution in [1.82, 2.24) is 0 Å². The molecular formula is C16H12F4O2. The van der Waals surface area contributed by atoms with Gasteiger partial charge < -0.3 is 4.74 Å². The number of benzene rings is 2. The summed E-state index contributed by atoms with van der Waals surface area (Å²) in [6.07, 6.45) is -3.77. The van der Waals surface area contributed by atoms with Crippen LogP contribution in [-0.4, -0.2) is 12.4 Å². The maximum Gasteiger partial charge on any atom is 0.338 e. The van der Waals surface area contributed by atoms with Gasteiger partial charge in [0.15, 0.2) is 0 Å². The van der Waals surface area contributed by atoms with E-state index in [-0.39, 0.29) is 6.61 Å². The summed E-state index contributed by atoms with van der Waals surface area (Å²) in [5, 5.41) is 0. The minimum absolute atomic E-state index is 0.131. The normalized spacial score (nSPS) is 11.5. The van der Waals surface area contributed by atoms with E-state index in [1.54, 1.807) is 30.3 Å². The van der Waals surface area contributed by atoms with Crippen LogP contribution in [0.15, 0.2) is 54.6 Å². The molecule has 0 N–H and O–H groups in total. The maximum absolute atomic E-state index is 13.1. The molecule has 0 heterocycles. The number of hydrogen-bond acceptors (Lipinski definition) is 2. The minimum Gasteiger partial charge on any atom is -0.457 e. The Kier molecular flexibility index (Phi) is 4.80. The first kappa shape index (κ1) is 16.0. The maximum atomic E-state index is 13.1. The molecule has 0 amide bonds. The third kappa shape index (κ3) is 3.63. The van der Waals surface area contributed by atoms with Gasteiger partial charge in [-0.1, -0.05) is 42.5 Å². The molecule has 0 aromatic heterocycles. The van der Waals surface area contributed by atoms with Crippen LogP contribution in [0, 0.1) is 0 Å². The van der Waals surface area contributed by atoms with E-state index in [2.05, 4.69) is 0 Å². The fourth-order valence-corrected chi connectivity index (χ4v) is 1.76. The Labute approximate surface area is 124 Å². The molecule has 0 radical (unpaired) electrons. The summed E-state index contributed by atoms with van der Waals surface area (Å²) in [5.41, 5.74) is 0.0158. The Hall–Kier alpha value is -2.37. The highest BCUT2D eigenvalue weighted by atomic mass is 19.3. The van der Waals surface area contributed by atoms with Gasteiger partial charge in [-0.15, -0.1) is 0 Å². The molecule has 0 saturated heterocycles. The van der Waals surface area contributed by atoms with Gasteiger partial charge in [-0.25, -0.2) is 13.6 Å². The molecule has 116 valence electrons. The molecule has 0 fully saturated rings. The molecule has 0 spiro atoms. The van der Waals surface area contributed by atoms with Crippen molar-refractivity contribution in [3.8, 4) is 0 Å². The number of ether oxygens (including phenoxy) is 1. The second kappa shape index (κ2) is 6.60. The summed E-state index contributed by atoms with van der Waals surface area (Å²) >= 11 is 0. The van der Waals surface area contributed by atoms with E-state index in [9.17, 15) is 22.4 Å². The quantitative estimate of drug-likeness (QED) is 0.604. The van der Waals surface area contributed by atoms with Crippen molar-refractivity contribution in [3.05, 3.63) is 71.3 Å². The van der Waals surface area contributed by atoms with E-state index in [0.29, 0.717) is 11.1 Å². The lowest BCUT2D eigenvalue weighted by Crippen LogP contribution is -2.23. The summed E-state index contributed by atoms with van der Waals surface area (Å²) < 4.78 is 55.7. The molecule has 0 aliphatic heterocycles. The molecule has 22 heavy (non-hydrogen) atoms. The standard InChI is InChI=1S/C16H12F4O2/c17-15(18)16(19,20)13-8-6-11(7-9-13)10-22-14(21)12-4-2-1-3-5-12/h1-9,15H,10H2. The van der Waals surface area contributed by atoms with Gasteiger partial charge in [0.2, 0.25) is 0 Å². The van der Waals surface area contributed by atoms with E-state index in [4.69, 9.17) is 4.74 Å². The second-order valence-electron chi connectivity index (χ2n) is 4.56. The van der Waals surface area contributed by atoms with E-state index < -0.39 is 23.9 Å². The highest BCUT2D eigenvalue weighted by Gasteiger charge is 2.42. The van der Waals surface area contributed by atoms with Gasteiger partial charge in [-0.05, 0) is 17.7 Å². The Morgan fingerprint density at radius 2 is 1.59 bits per heavy atom. The van der Waals surface area contributed by atoms with E-state index in [1.807, 2.05) is 0 Å². The van der Waals surface area contributed by atoms with Crippen LogP contribution >= 0.6 is 0 Å². The molecular weight excluding hydrogens is 300 g/mol. The van der Waals surface area contributed by atoms with Crippen molar-refractivity contribution < 1.29 is 27.1 Å². The van der Waals surface area contributed by atoms with E-state index in [1.165, 1.54) is 12.1 Å². The first-order valence-electron chi connectivity index (χ1n) is 6.39. The lowest BCUT2D eigenvalue weighted by molar-refractivity contribution is -0.135. The lowest BCUT2D eigenvalue weighted by atomic mass is 10.1. The highest BCUT2D eigenvalue weighted by molar-refractivity contribution is 5.89. The van der Waals surface area contributed by atoms with Crippen molar-refractivity contribution >= 4 is 5.97 Å². The van der Waals surface area contributed by atoms with Crippen LogP contribution in [-0.2, 0) is 17.3 Å². The van der Waals surface area contributed by atoms with Gasteiger partial charge >= 0.3 is 18.3 Å². The molecule has 0 unspecified atom stereocenters. The van der Waals surface area contributed by atoms with Gasteiger partial charge in [0.1, 0.15) is 6.61 Å². The van der Waals surface area contributed by atoms with E-state index in [0.717, 1.165) is 12.1 Å². The Balaban J connectivity index is 1.99. The minimum atomic E-state index is -4.20. The van der Waals surface area contributed by atoms with Gasteiger partial charge in [0, 0.05) is 5.56 Å². The average Bonchev–Trinajstić information content (AvgIpc) is 2.53. The molecule has 0 saturated carbocycles. The van der Waals surface area contributed by atoms with Crippen LogP contribution < -0.4 is 0 Å². The first-order chi connectivity index (χ1) is 10.4. The van der Waals surface area contributed by atoms with Gasteiger partial charge in [0.25, 0.3) is 0 Å². The first-order valence-corrected chi connectivity index (χ1v) is 6.39. The number of hydrogen-bond donors (Lipinski definition) is 0. The number of esters is 1. The molecule has 0 aliphatic carbocycles. The third-order valence-corrected chi connectivity index (χ3v) is 2.99. The Morgan fingerprint density at radius 3 is 2.14 bits per heavy atom. The number of rotatable bonds is 5. The van der Waals surface area contributed by atoms with Crippen molar-refractivity contribution in [2.75, 3.05) is 0 Å². The second-order valence-corrected chi connectivity index (χ2v) is 4.56. The zero-order chi connectivity index (χ0) is 16.2. The van der Waals surface area contributed by atoms with E-state index >= 15 is 0 Å². The highest BCUT2D eigenvalue weighted by Crippen LogP contribution is 2.34. The summed E-state index contributed by atoms with van der Waals surface area (Å²) in [6.45, 7) is -0.131. The molecule has 0 atom stereocenters. The zero-order valence-corrected chi connectivity index (χ0v) is 11.3. The monoisotopic (exact) mass is 312 g/mol. The Bertz CT molecular complexity index is 624. The lowest BCUT2D eigenvalue weighted by Gasteiger charge is -2.15. The van der Waals surface area contributed by atoms with Crippen LogP contribution in [0.4, 0.5) is 17.6 Å². The van der Waals surface area contributed by atoms with Crippen molar-refractivity contribution in [3.63, 3.8) is 0 Å². The SMILES string of the molecule is O=C(OCc1ccc(C(F)(F)C(F)F)cc1)c1ccccc1. The van der Waals surface area contributed by atoms with Gasteiger partial charge in [-0.2, -0.15) is 8.78 Å². The average molecular weight is 312 g/mol. The molecule has 2 rings (SSSR count). The van der Waals surface area contributed by atoms with Crippen LogP contribution in [0.2, 0.25) is 0 Å². The summed E-state index contributed by atoms with van der Waals surface area (Å²) in [4.78, 5) is 11.7. The predicted octanol–water partition coefficient (Wildman–Crippen LogP) is 4.40. The summed E-state index contributed by atoms with van der Waals surface area (Å²) in [6, 6.07) is 12.5. The molecule has 0 bridgehead atoms. The summed E-state index contributed by atoms with van der Waals surface area (Å²) in [7, 11) is 0. The summed E-state index contributed by atoms with van der Waals surface area (Å²) in [5.74, 6) is -4.75. The smallest absolute Gasteiger partial charge is 0.338 e. The molecule has 6 heteroatoms. The zero-order valence-electron chi connectivity index (χ0n) is 11.3. The van der Waals surface area contributed by atoms with Crippen molar-refractivity contribution in [2.45, 2.75) is 19.0 Å². The number of alkyl halides is 4. The van der Waals surface area contributed by atoms with Crippen LogP contribution in [0.3, 0.4) is 0 Å². The van der Waals surface area contributed by atoms with Crippen molar-refractivity contribution in [2.24, 2.45) is 0 Å². The van der Waals surface area contributed by atoms with Crippen LogP contribution in [0.1, 0.15) is 21.5 Å².